The molecule has 1 fully saturated rings. The van der Waals surface area contributed by atoms with Gasteiger partial charge in [-0.3, -0.25) is 14.5 Å². The van der Waals surface area contributed by atoms with Crippen molar-refractivity contribution in [2.45, 2.75) is 32.2 Å². The number of likely N-dealkylation sites (tertiary alicyclic amines) is 1. The quantitative estimate of drug-likeness (QED) is 0.843. The summed E-state index contributed by atoms with van der Waals surface area (Å²) in [5.74, 6) is 0.332. The number of hydrogen-bond acceptors (Lipinski definition) is 5. The van der Waals surface area contributed by atoms with Crippen LogP contribution in [0, 0.1) is 12.8 Å². The van der Waals surface area contributed by atoms with Crippen molar-refractivity contribution in [3.63, 3.8) is 0 Å². The predicted octanol–water partition coefficient (Wildman–Crippen LogP) is 2.46. The van der Waals surface area contributed by atoms with E-state index in [4.69, 9.17) is 10.2 Å². The van der Waals surface area contributed by atoms with Crippen molar-refractivity contribution < 1.29 is 14.0 Å². The Hall–Kier alpha value is -2.93. The van der Waals surface area contributed by atoms with Crippen LogP contribution < -0.4 is 5.73 Å². The van der Waals surface area contributed by atoms with E-state index < -0.39 is 0 Å². The van der Waals surface area contributed by atoms with Crippen LogP contribution in [0.3, 0.4) is 0 Å². The van der Waals surface area contributed by atoms with E-state index in [1.807, 2.05) is 43.3 Å². The maximum Gasteiger partial charge on any atom is 0.257 e. The molecule has 4 rings (SSSR count). The Morgan fingerprint density at radius 2 is 1.90 bits per heavy atom. The zero-order chi connectivity index (χ0) is 20.4. The van der Waals surface area contributed by atoms with Crippen LogP contribution in [0.2, 0.25) is 0 Å². The number of rotatable bonds is 5. The molecular weight excluding hydrogens is 368 g/mol. The number of benzene rings is 1. The van der Waals surface area contributed by atoms with E-state index in [1.165, 1.54) is 5.56 Å². The average Bonchev–Trinajstić information content (AvgIpc) is 3.39. The van der Waals surface area contributed by atoms with Crippen LogP contribution in [0.15, 0.2) is 52.2 Å². The SMILES string of the molecule is Cc1ccc(C2=NN(C(=O)CN3CCC(C(N)=O)CC3)[C@H](c3ccco3)C2)cc1. The molecule has 2 amide bonds. The number of amides is 2. The van der Waals surface area contributed by atoms with Gasteiger partial charge in [0.1, 0.15) is 11.8 Å². The summed E-state index contributed by atoms with van der Waals surface area (Å²) < 4.78 is 5.60. The number of carbonyl (C=O) groups excluding carboxylic acids is 2. The number of carbonyl (C=O) groups is 2. The van der Waals surface area contributed by atoms with Gasteiger partial charge in [0.25, 0.3) is 5.91 Å². The van der Waals surface area contributed by atoms with Crippen LogP contribution in [-0.4, -0.2) is 47.1 Å². The Kier molecular flexibility index (Phi) is 5.49. The lowest BCUT2D eigenvalue weighted by Gasteiger charge is -2.31. The van der Waals surface area contributed by atoms with E-state index in [9.17, 15) is 9.59 Å². The first-order chi connectivity index (χ1) is 14.0. The second-order valence-electron chi connectivity index (χ2n) is 7.84. The van der Waals surface area contributed by atoms with Crippen molar-refractivity contribution in [1.82, 2.24) is 9.91 Å². The molecule has 1 aromatic carbocycles. The van der Waals surface area contributed by atoms with Gasteiger partial charge in [0.2, 0.25) is 5.91 Å². The molecule has 1 saturated heterocycles. The van der Waals surface area contributed by atoms with Gasteiger partial charge in [0.05, 0.1) is 18.5 Å². The molecule has 0 spiro atoms. The standard InChI is InChI=1S/C22H26N4O3/c1-15-4-6-16(7-5-15)18-13-19(20-3-2-12-29-20)26(24-18)21(27)14-25-10-8-17(9-11-25)22(23)28/h2-7,12,17,19H,8-11,13-14H2,1H3,(H2,23,28)/t19-/m0/s1. The number of piperidine rings is 1. The summed E-state index contributed by atoms with van der Waals surface area (Å²) in [5, 5.41) is 6.24. The summed E-state index contributed by atoms with van der Waals surface area (Å²) in [6.07, 6.45) is 3.63. The number of aryl methyl sites for hydroxylation is 1. The first-order valence-corrected chi connectivity index (χ1v) is 10.0. The Labute approximate surface area is 170 Å². The fourth-order valence-electron chi connectivity index (χ4n) is 4.00. The molecule has 0 radical (unpaired) electrons. The van der Waals surface area contributed by atoms with E-state index in [2.05, 4.69) is 10.0 Å². The summed E-state index contributed by atoms with van der Waals surface area (Å²) in [6, 6.07) is 11.6. The van der Waals surface area contributed by atoms with Gasteiger partial charge >= 0.3 is 0 Å². The second-order valence-corrected chi connectivity index (χ2v) is 7.84. The first-order valence-electron chi connectivity index (χ1n) is 10.0. The molecule has 0 unspecified atom stereocenters. The molecule has 0 aliphatic carbocycles. The topological polar surface area (TPSA) is 92.1 Å². The van der Waals surface area contributed by atoms with Gasteiger partial charge in [-0.15, -0.1) is 0 Å². The molecule has 152 valence electrons. The van der Waals surface area contributed by atoms with E-state index in [0.29, 0.717) is 32.4 Å². The van der Waals surface area contributed by atoms with E-state index in [1.54, 1.807) is 11.3 Å². The Morgan fingerprint density at radius 3 is 2.52 bits per heavy atom. The summed E-state index contributed by atoms with van der Waals surface area (Å²) in [4.78, 5) is 26.5. The van der Waals surface area contributed by atoms with Crippen LogP contribution in [0.25, 0.3) is 0 Å². The minimum absolute atomic E-state index is 0.0639. The third kappa shape index (κ3) is 4.24. The molecule has 29 heavy (non-hydrogen) atoms. The molecule has 2 N–H and O–H groups in total. The van der Waals surface area contributed by atoms with Gasteiger partial charge in [0, 0.05) is 12.3 Å². The fraction of sp³-hybridized carbons (Fsp3) is 0.409. The van der Waals surface area contributed by atoms with Gasteiger partial charge in [-0.2, -0.15) is 5.10 Å². The molecule has 7 nitrogen and oxygen atoms in total. The van der Waals surface area contributed by atoms with E-state index >= 15 is 0 Å². The van der Waals surface area contributed by atoms with Crippen molar-refractivity contribution in [3.05, 3.63) is 59.5 Å². The van der Waals surface area contributed by atoms with E-state index in [-0.39, 0.29) is 30.3 Å². The van der Waals surface area contributed by atoms with Crippen molar-refractivity contribution in [2.75, 3.05) is 19.6 Å². The van der Waals surface area contributed by atoms with Crippen molar-refractivity contribution in [2.24, 2.45) is 16.8 Å². The maximum atomic E-state index is 13.1. The average molecular weight is 394 g/mol. The fourth-order valence-corrected chi connectivity index (χ4v) is 4.00. The molecule has 2 aromatic rings. The Morgan fingerprint density at radius 1 is 1.17 bits per heavy atom. The lowest BCUT2D eigenvalue weighted by atomic mass is 9.96. The first kappa shape index (κ1) is 19.4. The normalized spacial score (nSPS) is 20.7. The third-order valence-electron chi connectivity index (χ3n) is 5.77. The zero-order valence-electron chi connectivity index (χ0n) is 16.6. The maximum absolute atomic E-state index is 13.1. The number of hydrazone groups is 1. The Bertz CT molecular complexity index is 897. The highest BCUT2D eigenvalue weighted by molar-refractivity contribution is 6.03. The second kappa shape index (κ2) is 8.21. The van der Waals surface area contributed by atoms with Crippen LogP contribution in [0.5, 0.6) is 0 Å². The summed E-state index contributed by atoms with van der Waals surface area (Å²) in [6.45, 7) is 3.69. The van der Waals surface area contributed by atoms with Crippen LogP contribution in [0.4, 0.5) is 0 Å². The van der Waals surface area contributed by atoms with Crippen LogP contribution in [0.1, 0.15) is 42.2 Å². The molecule has 2 aliphatic heterocycles. The van der Waals surface area contributed by atoms with Gasteiger partial charge in [0.15, 0.2) is 0 Å². The highest BCUT2D eigenvalue weighted by Gasteiger charge is 2.36. The van der Waals surface area contributed by atoms with Crippen LogP contribution in [-0.2, 0) is 9.59 Å². The van der Waals surface area contributed by atoms with E-state index in [0.717, 1.165) is 17.0 Å². The highest BCUT2D eigenvalue weighted by Crippen LogP contribution is 2.33. The molecule has 7 heteroatoms. The summed E-state index contributed by atoms with van der Waals surface area (Å²) >= 11 is 0. The van der Waals surface area contributed by atoms with Gasteiger partial charge in [-0.05, 0) is 50.6 Å². The monoisotopic (exact) mass is 394 g/mol. The summed E-state index contributed by atoms with van der Waals surface area (Å²) in [5.41, 5.74) is 8.49. The lowest BCUT2D eigenvalue weighted by molar-refractivity contribution is -0.135. The smallest absolute Gasteiger partial charge is 0.257 e. The van der Waals surface area contributed by atoms with Crippen molar-refractivity contribution in [3.8, 4) is 0 Å². The Balaban J connectivity index is 1.49. The number of nitrogens with two attached hydrogens (primary N) is 1. The molecule has 1 atom stereocenters. The largest absolute Gasteiger partial charge is 0.467 e. The number of furan rings is 1. The van der Waals surface area contributed by atoms with Gasteiger partial charge in [-0.1, -0.05) is 29.8 Å². The van der Waals surface area contributed by atoms with Crippen molar-refractivity contribution in [1.29, 1.82) is 0 Å². The van der Waals surface area contributed by atoms with Crippen molar-refractivity contribution >= 4 is 17.5 Å². The molecule has 3 heterocycles. The molecule has 1 aromatic heterocycles. The minimum atomic E-state index is -0.249. The minimum Gasteiger partial charge on any atom is -0.467 e. The molecule has 2 aliphatic rings. The highest BCUT2D eigenvalue weighted by atomic mass is 16.3. The van der Waals surface area contributed by atoms with Gasteiger partial charge < -0.3 is 10.2 Å². The van der Waals surface area contributed by atoms with Crippen LogP contribution >= 0.6 is 0 Å². The zero-order valence-corrected chi connectivity index (χ0v) is 16.6. The molecular formula is C22H26N4O3. The third-order valence-corrected chi connectivity index (χ3v) is 5.77. The number of primary amides is 1. The summed E-state index contributed by atoms with van der Waals surface area (Å²) in [7, 11) is 0. The lowest BCUT2D eigenvalue weighted by Crippen LogP contribution is -2.43. The van der Waals surface area contributed by atoms with Gasteiger partial charge in [-0.25, -0.2) is 5.01 Å². The molecule has 0 saturated carbocycles. The number of nitrogens with zero attached hydrogens (tertiary/aromatic N) is 3. The number of hydrogen-bond donors (Lipinski definition) is 1. The predicted molar refractivity (Wildman–Crippen MR) is 109 cm³/mol. The molecule has 0 bridgehead atoms.